The second-order valence-electron chi connectivity index (χ2n) is 6.07. The van der Waals surface area contributed by atoms with E-state index in [1.807, 2.05) is 12.3 Å². The second-order valence-corrected chi connectivity index (χ2v) is 6.07. The van der Waals surface area contributed by atoms with E-state index in [0.29, 0.717) is 0 Å². The van der Waals surface area contributed by atoms with E-state index in [4.69, 9.17) is 0 Å². The van der Waals surface area contributed by atoms with Gasteiger partial charge < -0.3 is 0 Å². The zero-order valence-electron chi connectivity index (χ0n) is 13.1. The predicted octanol–water partition coefficient (Wildman–Crippen LogP) is 6.21. The first-order valence-corrected chi connectivity index (χ1v) is 8.16. The third-order valence-corrected chi connectivity index (χ3v) is 4.69. The van der Waals surface area contributed by atoms with E-state index in [1.54, 1.807) is 0 Å². The summed E-state index contributed by atoms with van der Waals surface area (Å²) in [7, 11) is 0. The van der Waals surface area contributed by atoms with Crippen LogP contribution in [0.4, 0.5) is 0 Å². The molecule has 0 N–H and O–H groups in total. The number of pyridine rings is 1. The van der Waals surface area contributed by atoms with Crippen molar-refractivity contribution in [1.82, 2.24) is 4.98 Å². The van der Waals surface area contributed by atoms with Crippen LogP contribution in [-0.4, -0.2) is 4.98 Å². The Balaban J connectivity index is 1.98. The molecular weight excluding hydrogens is 290 g/mol. The number of rotatable bonds is 1. The summed E-state index contributed by atoms with van der Waals surface area (Å²) in [6.07, 6.45) is 1.88. The average molecular weight is 305 g/mol. The van der Waals surface area contributed by atoms with E-state index in [9.17, 15) is 0 Å². The van der Waals surface area contributed by atoms with Crippen LogP contribution < -0.4 is 0 Å². The summed E-state index contributed by atoms with van der Waals surface area (Å²) in [6, 6.07) is 30.0. The van der Waals surface area contributed by atoms with Gasteiger partial charge in [-0.25, -0.2) is 0 Å². The van der Waals surface area contributed by atoms with Crippen molar-refractivity contribution in [2.45, 2.75) is 0 Å². The molecule has 1 heterocycles. The van der Waals surface area contributed by atoms with Crippen molar-refractivity contribution in [3.63, 3.8) is 0 Å². The van der Waals surface area contributed by atoms with Gasteiger partial charge in [0.25, 0.3) is 0 Å². The fourth-order valence-corrected chi connectivity index (χ4v) is 3.60. The standard InChI is InChI=1S/C23H15N/c1-2-10-19-16(6-1)7-3-11-20(19)21-12-4-8-17-13-14-18-9-5-15-24-23(18)22(17)21/h1-15H. The minimum absolute atomic E-state index is 1.07. The number of aromatic nitrogens is 1. The second kappa shape index (κ2) is 5.17. The Morgan fingerprint density at radius 1 is 0.500 bits per heavy atom. The molecule has 1 heteroatoms. The molecule has 0 aliphatic carbocycles. The molecular formula is C23H15N. The molecule has 1 aromatic heterocycles. The molecule has 1 nitrogen and oxygen atoms in total. The topological polar surface area (TPSA) is 12.9 Å². The van der Waals surface area contributed by atoms with E-state index in [2.05, 4.69) is 83.8 Å². The first-order chi connectivity index (χ1) is 11.9. The van der Waals surface area contributed by atoms with Crippen LogP contribution in [0.3, 0.4) is 0 Å². The normalized spacial score (nSPS) is 11.3. The van der Waals surface area contributed by atoms with Crippen LogP contribution in [0.15, 0.2) is 91.1 Å². The van der Waals surface area contributed by atoms with Crippen molar-refractivity contribution >= 4 is 32.4 Å². The lowest BCUT2D eigenvalue weighted by molar-refractivity contribution is 1.43. The van der Waals surface area contributed by atoms with Gasteiger partial charge in [-0.05, 0) is 33.4 Å². The molecule has 0 spiro atoms. The van der Waals surface area contributed by atoms with Crippen LogP contribution in [0.2, 0.25) is 0 Å². The SMILES string of the molecule is c1ccc2c(-c3cccc4ccc5cccnc5c34)cccc2c1. The third-order valence-electron chi connectivity index (χ3n) is 4.69. The lowest BCUT2D eigenvalue weighted by atomic mass is 9.93. The Hall–Kier alpha value is -3.19. The number of fused-ring (bicyclic) bond motifs is 4. The maximum atomic E-state index is 4.68. The van der Waals surface area contributed by atoms with Gasteiger partial charge in [0.2, 0.25) is 0 Å². The van der Waals surface area contributed by atoms with Gasteiger partial charge in [-0.2, -0.15) is 0 Å². The molecule has 5 rings (SSSR count). The summed E-state index contributed by atoms with van der Waals surface area (Å²) in [5.41, 5.74) is 3.57. The maximum absolute atomic E-state index is 4.68. The molecule has 0 saturated heterocycles. The van der Waals surface area contributed by atoms with Gasteiger partial charge >= 0.3 is 0 Å². The molecule has 4 aromatic carbocycles. The largest absolute Gasteiger partial charge is 0.256 e. The summed E-state index contributed by atoms with van der Waals surface area (Å²) < 4.78 is 0. The molecule has 24 heavy (non-hydrogen) atoms. The zero-order valence-corrected chi connectivity index (χ0v) is 13.1. The van der Waals surface area contributed by atoms with Gasteiger partial charge in [0, 0.05) is 17.0 Å². The Bertz CT molecular complexity index is 1200. The monoisotopic (exact) mass is 305 g/mol. The maximum Gasteiger partial charge on any atom is 0.0786 e. The average Bonchev–Trinajstić information content (AvgIpc) is 2.67. The van der Waals surface area contributed by atoms with Crippen LogP contribution >= 0.6 is 0 Å². The molecule has 0 atom stereocenters. The van der Waals surface area contributed by atoms with Gasteiger partial charge in [-0.1, -0.05) is 78.9 Å². The van der Waals surface area contributed by atoms with Crippen LogP contribution in [0.5, 0.6) is 0 Å². The van der Waals surface area contributed by atoms with Crippen molar-refractivity contribution < 1.29 is 0 Å². The minimum Gasteiger partial charge on any atom is -0.256 e. The first kappa shape index (κ1) is 13.3. The summed E-state index contributed by atoms with van der Waals surface area (Å²) in [6.45, 7) is 0. The fourth-order valence-electron chi connectivity index (χ4n) is 3.60. The number of hydrogen-bond acceptors (Lipinski definition) is 1. The Morgan fingerprint density at radius 2 is 1.21 bits per heavy atom. The van der Waals surface area contributed by atoms with Gasteiger partial charge in [0.1, 0.15) is 0 Å². The van der Waals surface area contributed by atoms with Crippen LogP contribution in [0.1, 0.15) is 0 Å². The highest BCUT2D eigenvalue weighted by Crippen LogP contribution is 2.36. The summed E-state index contributed by atoms with van der Waals surface area (Å²) >= 11 is 0. The van der Waals surface area contributed by atoms with Crippen LogP contribution in [0.25, 0.3) is 43.6 Å². The molecule has 0 fully saturated rings. The number of hydrogen-bond donors (Lipinski definition) is 0. The van der Waals surface area contributed by atoms with E-state index >= 15 is 0 Å². The molecule has 0 unspecified atom stereocenters. The number of nitrogens with zero attached hydrogens (tertiary/aromatic N) is 1. The summed E-state index contributed by atoms with van der Waals surface area (Å²) in [4.78, 5) is 4.68. The van der Waals surface area contributed by atoms with Crippen molar-refractivity contribution in [2.75, 3.05) is 0 Å². The summed E-state index contributed by atoms with van der Waals surface area (Å²) in [5.74, 6) is 0. The molecule has 0 aliphatic heterocycles. The molecule has 5 aromatic rings. The molecule has 0 bridgehead atoms. The molecule has 0 aliphatic rings. The van der Waals surface area contributed by atoms with Crippen molar-refractivity contribution in [1.29, 1.82) is 0 Å². The van der Waals surface area contributed by atoms with Crippen molar-refractivity contribution in [2.24, 2.45) is 0 Å². The van der Waals surface area contributed by atoms with Crippen LogP contribution in [0, 0.1) is 0 Å². The molecule has 112 valence electrons. The Kier molecular flexibility index (Phi) is 2.86. The number of benzene rings is 4. The lowest BCUT2D eigenvalue weighted by Gasteiger charge is -2.12. The lowest BCUT2D eigenvalue weighted by Crippen LogP contribution is -1.87. The highest BCUT2D eigenvalue weighted by molar-refractivity contribution is 6.15. The van der Waals surface area contributed by atoms with Gasteiger partial charge in [-0.15, -0.1) is 0 Å². The molecule has 0 saturated carbocycles. The van der Waals surface area contributed by atoms with Gasteiger partial charge in [0.15, 0.2) is 0 Å². The van der Waals surface area contributed by atoms with E-state index in [1.165, 1.54) is 38.1 Å². The van der Waals surface area contributed by atoms with Crippen molar-refractivity contribution in [3.8, 4) is 11.1 Å². The smallest absolute Gasteiger partial charge is 0.0786 e. The highest BCUT2D eigenvalue weighted by atomic mass is 14.6. The summed E-state index contributed by atoms with van der Waals surface area (Å²) in [5, 5.41) is 6.18. The van der Waals surface area contributed by atoms with E-state index in [-0.39, 0.29) is 0 Å². The highest BCUT2D eigenvalue weighted by Gasteiger charge is 2.10. The fraction of sp³-hybridized carbons (Fsp3) is 0. The Labute approximate surface area is 140 Å². The van der Waals surface area contributed by atoms with Gasteiger partial charge in [-0.3, -0.25) is 4.98 Å². The molecule has 0 amide bonds. The van der Waals surface area contributed by atoms with Crippen LogP contribution in [-0.2, 0) is 0 Å². The van der Waals surface area contributed by atoms with E-state index in [0.717, 1.165) is 5.52 Å². The quantitative estimate of drug-likeness (QED) is 0.336. The van der Waals surface area contributed by atoms with Gasteiger partial charge in [0.05, 0.1) is 5.52 Å². The molecule has 0 radical (unpaired) electrons. The Morgan fingerprint density at radius 3 is 2.17 bits per heavy atom. The third kappa shape index (κ3) is 1.92. The minimum atomic E-state index is 1.07. The zero-order chi connectivity index (χ0) is 15.9. The predicted molar refractivity (Wildman–Crippen MR) is 102 cm³/mol. The first-order valence-electron chi connectivity index (χ1n) is 8.16. The van der Waals surface area contributed by atoms with E-state index < -0.39 is 0 Å². The van der Waals surface area contributed by atoms with Crippen molar-refractivity contribution in [3.05, 3.63) is 91.1 Å².